The molecule has 3 aliphatic rings. The Balaban J connectivity index is 1.95. The molecule has 2 nitrogen and oxygen atoms in total. The normalized spacial score (nSPS) is 38.2. The molecule has 0 bridgehead atoms. The number of fused-ring (bicyclic) bond motifs is 1. The Morgan fingerprint density at radius 3 is 3.06 bits per heavy atom. The molecule has 0 spiro atoms. The van der Waals surface area contributed by atoms with Crippen LogP contribution in [-0.2, 0) is 10.2 Å². The molecule has 2 heteroatoms. The van der Waals surface area contributed by atoms with Gasteiger partial charge in [0.25, 0.3) is 0 Å². The summed E-state index contributed by atoms with van der Waals surface area (Å²) in [5.74, 6) is 0. The van der Waals surface area contributed by atoms with Crippen molar-refractivity contribution in [1.82, 2.24) is 0 Å². The smallest absolute Gasteiger partial charge is 0.149 e. The largest absolute Gasteiger partial charge is 0.357 e. The first-order valence-corrected chi connectivity index (χ1v) is 6.44. The summed E-state index contributed by atoms with van der Waals surface area (Å²) in [6.45, 7) is 4.86. The minimum Gasteiger partial charge on any atom is -0.357 e. The van der Waals surface area contributed by atoms with Crippen molar-refractivity contribution >= 4 is 5.69 Å². The van der Waals surface area contributed by atoms with E-state index in [0.717, 1.165) is 12.8 Å². The second-order valence-corrected chi connectivity index (χ2v) is 5.65. The third-order valence-electron chi connectivity index (χ3n) is 4.76. The summed E-state index contributed by atoms with van der Waals surface area (Å²) in [5, 5.41) is 3.66. The predicted octanol–water partition coefficient (Wildman–Crippen LogP) is 3.21. The van der Waals surface area contributed by atoms with E-state index in [1.54, 1.807) is 0 Å². The average Bonchev–Trinajstić information content (AvgIpc) is 2.80. The lowest BCUT2D eigenvalue weighted by Crippen LogP contribution is -2.54. The Morgan fingerprint density at radius 1 is 1.24 bits per heavy atom. The van der Waals surface area contributed by atoms with Crippen molar-refractivity contribution < 1.29 is 4.74 Å². The van der Waals surface area contributed by atoms with E-state index >= 15 is 0 Å². The molecule has 0 aromatic heterocycles. The number of benzene rings is 1. The summed E-state index contributed by atoms with van der Waals surface area (Å²) in [6, 6.07) is 8.67. The molecule has 4 rings (SSSR count). The van der Waals surface area contributed by atoms with Gasteiger partial charge in [-0.25, -0.2) is 0 Å². The molecule has 2 aliphatic heterocycles. The van der Waals surface area contributed by atoms with Crippen molar-refractivity contribution in [3.8, 4) is 0 Å². The van der Waals surface area contributed by atoms with Gasteiger partial charge >= 0.3 is 0 Å². The summed E-state index contributed by atoms with van der Waals surface area (Å²) in [7, 11) is 0. The van der Waals surface area contributed by atoms with E-state index in [1.165, 1.54) is 29.7 Å². The number of hydrogen-bond donors (Lipinski definition) is 1. The molecule has 0 radical (unpaired) electrons. The SMILES string of the molecule is C=C1CO[C@@]23CCC[C@]2(C1)c1ccccc1N3. The molecule has 17 heavy (non-hydrogen) atoms. The number of para-hydroxylation sites is 1. The van der Waals surface area contributed by atoms with Gasteiger partial charge in [-0.3, -0.25) is 0 Å². The number of ether oxygens (including phenoxy) is 1. The van der Waals surface area contributed by atoms with E-state index in [2.05, 4.69) is 36.2 Å². The Morgan fingerprint density at radius 2 is 2.12 bits per heavy atom. The van der Waals surface area contributed by atoms with Gasteiger partial charge < -0.3 is 10.1 Å². The van der Waals surface area contributed by atoms with Crippen LogP contribution < -0.4 is 5.32 Å². The van der Waals surface area contributed by atoms with Gasteiger partial charge in [-0.15, -0.1) is 0 Å². The van der Waals surface area contributed by atoms with E-state index in [0.29, 0.717) is 6.61 Å². The molecular formula is C15H17NO. The third-order valence-corrected chi connectivity index (χ3v) is 4.76. The lowest BCUT2D eigenvalue weighted by Gasteiger charge is -2.45. The van der Waals surface area contributed by atoms with Crippen LogP contribution in [0.4, 0.5) is 5.69 Å². The van der Waals surface area contributed by atoms with Crippen molar-refractivity contribution in [1.29, 1.82) is 0 Å². The van der Waals surface area contributed by atoms with E-state index in [4.69, 9.17) is 4.74 Å². The lowest BCUT2D eigenvalue weighted by molar-refractivity contribution is -0.0706. The molecule has 1 N–H and O–H groups in total. The zero-order valence-electron chi connectivity index (χ0n) is 9.96. The minimum atomic E-state index is -0.141. The topological polar surface area (TPSA) is 21.3 Å². The van der Waals surface area contributed by atoms with Gasteiger partial charge in [0.2, 0.25) is 0 Å². The highest BCUT2D eigenvalue weighted by Gasteiger charge is 2.63. The second kappa shape index (κ2) is 2.94. The van der Waals surface area contributed by atoms with Gasteiger partial charge in [0, 0.05) is 11.1 Å². The fourth-order valence-electron chi connectivity index (χ4n) is 4.12. The van der Waals surface area contributed by atoms with Crippen LogP contribution in [0.5, 0.6) is 0 Å². The van der Waals surface area contributed by atoms with E-state index < -0.39 is 0 Å². The lowest BCUT2D eigenvalue weighted by atomic mass is 9.70. The minimum absolute atomic E-state index is 0.141. The first kappa shape index (κ1) is 9.72. The maximum absolute atomic E-state index is 6.19. The molecule has 0 amide bonds. The quantitative estimate of drug-likeness (QED) is 0.687. The molecule has 2 fully saturated rings. The average molecular weight is 227 g/mol. The molecule has 1 saturated carbocycles. The number of nitrogens with one attached hydrogen (secondary N) is 1. The molecule has 1 aromatic rings. The van der Waals surface area contributed by atoms with Crippen LogP contribution in [0, 0.1) is 0 Å². The van der Waals surface area contributed by atoms with Crippen LogP contribution in [0.2, 0.25) is 0 Å². The van der Waals surface area contributed by atoms with Crippen LogP contribution in [0.15, 0.2) is 36.4 Å². The van der Waals surface area contributed by atoms with Crippen molar-refractivity contribution in [3.63, 3.8) is 0 Å². The first-order chi connectivity index (χ1) is 8.26. The molecule has 1 saturated heterocycles. The summed E-state index contributed by atoms with van der Waals surface area (Å²) >= 11 is 0. The van der Waals surface area contributed by atoms with Crippen molar-refractivity contribution in [2.75, 3.05) is 11.9 Å². The molecule has 0 unspecified atom stereocenters. The van der Waals surface area contributed by atoms with Gasteiger partial charge in [0.1, 0.15) is 5.72 Å². The summed E-state index contributed by atoms with van der Waals surface area (Å²) in [5.41, 5.74) is 3.96. The molecule has 1 aromatic carbocycles. The van der Waals surface area contributed by atoms with E-state index in [1.807, 2.05) is 0 Å². The van der Waals surface area contributed by atoms with Crippen molar-refractivity contribution in [2.24, 2.45) is 0 Å². The Hall–Kier alpha value is -1.28. The van der Waals surface area contributed by atoms with Crippen LogP contribution in [0.25, 0.3) is 0 Å². The van der Waals surface area contributed by atoms with Gasteiger partial charge in [0.15, 0.2) is 0 Å². The Bertz CT molecular complexity index is 509. The molecular weight excluding hydrogens is 210 g/mol. The first-order valence-electron chi connectivity index (χ1n) is 6.44. The number of hydrogen-bond acceptors (Lipinski definition) is 2. The predicted molar refractivity (Wildman–Crippen MR) is 68.0 cm³/mol. The maximum atomic E-state index is 6.19. The van der Waals surface area contributed by atoms with Gasteiger partial charge in [-0.05, 0) is 37.3 Å². The zero-order valence-corrected chi connectivity index (χ0v) is 9.96. The van der Waals surface area contributed by atoms with Crippen LogP contribution in [-0.4, -0.2) is 12.3 Å². The van der Waals surface area contributed by atoms with Gasteiger partial charge in [-0.1, -0.05) is 30.4 Å². The summed E-state index contributed by atoms with van der Waals surface area (Å²) < 4.78 is 6.19. The molecule has 2 atom stereocenters. The fourth-order valence-corrected chi connectivity index (χ4v) is 4.12. The molecule has 2 heterocycles. The highest BCUT2D eigenvalue weighted by molar-refractivity contribution is 5.65. The van der Waals surface area contributed by atoms with E-state index in [9.17, 15) is 0 Å². The Kier molecular flexibility index (Phi) is 1.68. The van der Waals surface area contributed by atoms with Gasteiger partial charge in [-0.2, -0.15) is 0 Å². The van der Waals surface area contributed by atoms with Crippen LogP contribution in [0.1, 0.15) is 31.2 Å². The summed E-state index contributed by atoms with van der Waals surface area (Å²) in [6.07, 6.45) is 4.66. The second-order valence-electron chi connectivity index (χ2n) is 5.65. The standard InChI is InChI=1S/C15H17NO/c1-11-9-14-7-4-8-15(14,17-10-11)16-13-6-3-2-5-12(13)14/h2-3,5-6,16H,1,4,7-10H2/t14-,15-/m0/s1. The highest BCUT2D eigenvalue weighted by Crippen LogP contribution is 2.61. The monoisotopic (exact) mass is 227 g/mol. The van der Waals surface area contributed by atoms with Crippen LogP contribution in [0.3, 0.4) is 0 Å². The number of rotatable bonds is 0. The van der Waals surface area contributed by atoms with Crippen LogP contribution >= 0.6 is 0 Å². The third kappa shape index (κ3) is 1.00. The molecule has 88 valence electrons. The Labute approximate surface area is 102 Å². The summed E-state index contributed by atoms with van der Waals surface area (Å²) in [4.78, 5) is 0. The zero-order chi connectivity index (χ0) is 11.5. The van der Waals surface area contributed by atoms with Gasteiger partial charge in [0.05, 0.1) is 6.61 Å². The van der Waals surface area contributed by atoms with Crippen molar-refractivity contribution in [2.45, 2.75) is 36.8 Å². The van der Waals surface area contributed by atoms with E-state index in [-0.39, 0.29) is 11.1 Å². The maximum Gasteiger partial charge on any atom is 0.149 e. The fraction of sp³-hybridized carbons (Fsp3) is 0.467. The highest BCUT2D eigenvalue weighted by atomic mass is 16.5. The molecule has 1 aliphatic carbocycles. The number of anilines is 1. The van der Waals surface area contributed by atoms with Crippen molar-refractivity contribution in [3.05, 3.63) is 42.0 Å².